The molecule has 0 radical (unpaired) electrons. The molecule has 0 atom stereocenters. The Morgan fingerprint density at radius 2 is 1.97 bits per heavy atom. The predicted molar refractivity (Wildman–Crippen MR) is 120 cm³/mol. The molecule has 9 nitrogen and oxygen atoms in total. The summed E-state index contributed by atoms with van der Waals surface area (Å²) in [4.78, 5) is 35.2. The van der Waals surface area contributed by atoms with Crippen molar-refractivity contribution >= 4 is 10.0 Å². The fourth-order valence-corrected chi connectivity index (χ4v) is 5.30. The fraction of sp³-hybridized carbons (Fsp3) is 0.364. The number of hydrogen-bond acceptors (Lipinski definition) is 6. The predicted octanol–water partition coefficient (Wildman–Crippen LogP) is 1.58. The molecule has 1 aliphatic rings. The van der Waals surface area contributed by atoms with Crippen LogP contribution < -0.4 is 11.2 Å². The molecule has 2 aromatic heterocycles. The highest BCUT2D eigenvalue weighted by Gasteiger charge is 2.22. The Kier molecular flexibility index (Phi) is 6.33. The number of fused-ring (bicyclic) bond motifs is 1. The number of aromatic amines is 1. The third kappa shape index (κ3) is 4.42. The minimum atomic E-state index is -3.72. The van der Waals surface area contributed by atoms with E-state index in [2.05, 4.69) is 15.0 Å². The van der Waals surface area contributed by atoms with Crippen molar-refractivity contribution in [1.82, 2.24) is 23.8 Å². The van der Waals surface area contributed by atoms with Crippen LogP contribution in [0, 0.1) is 0 Å². The average Bonchev–Trinajstić information content (AvgIpc) is 2.81. The Bertz CT molecular complexity index is 1330. The molecule has 4 rings (SSSR count). The number of H-pyrrole nitrogens is 1. The number of nitrogens with zero attached hydrogens (tertiary/aromatic N) is 4. The van der Waals surface area contributed by atoms with E-state index in [1.807, 2.05) is 0 Å². The maximum Gasteiger partial charge on any atom is 0.328 e. The summed E-state index contributed by atoms with van der Waals surface area (Å²) in [6.45, 7) is 0.579. The number of aromatic nitrogens is 4. The second-order valence-electron chi connectivity index (χ2n) is 7.84. The molecule has 0 amide bonds. The van der Waals surface area contributed by atoms with Crippen molar-refractivity contribution in [2.75, 3.05) is 13.6 Å². The highest BCUT2D eigenvalue weighted by atomic mass is 32.2. The molecule has 10 heteroatoms. The molecule has 32 heavy (non-hydrogen) atoms. The van der Waals surface area contributed by atoms with Crippen LogP contribution in [0.4, 0.5) is 0 Å². The van der Waals surface area contributed by atoms with E-state index in [0.717, 1.165) is 18.5 Å². The van der Waals surface area contributed by atoms with E-state index in [1.165, 1.54) is 11.4 Å². The summed E-state index contributed by atoms with van der Waals surface area (Å²) in [5, 5.41) is 0. The van der Waals surface area contributed by atoms with Crippen molar-refractivity contribution in [1.29, 1.82) is 0 Å². The molecular weight excluding hydrogens is 430 g/mol. The minimum Gasteiger partial charge on any atom is -0.297 e. The van der Waals surface area contributed by atoms with E-state index in [-0.39, 0.29) is 17.0 Å². The summed E-state index contributed by atoms with van der Waals surface area (Å²) >= 11 is 0. The van der Waals surface area contributed by atoms with Crippen molar-refractivity contribution in [2.24, 2.45) is 0 Å². The molecule has 0 saturated carbocycles. The first kappa shape index (κ1) is 22.1. The SMILES string of the molecule is CN(CCCn1c2c(c(=O)[nH]c1=O)CCCC2)S(=O)(=O)c1cccc(-c2cnccn2)c1. The third-order valence-electron chi connectivity index (χ3n) is 5.76. The molecule has 0 aliphatic heterocycles. The molecular formula is C22H25N5O4S. The van der Waals surface area contributed by atoms with Crippen LogP contribution in [0.25, 0.3) is 11.3 Å². The minimum absolute atomic E-state index is 0.168. The molecule has 0 saturated heterocycles. The average molecular weight is 456 g/mol. The molecule has 0 bridgehead atoms. The number of hydrogen-bond donors (Lipinski definition) is 1. The topological polar surface area (TPSA) is 118 Å². The maximum atomic E-state index is 13.1. The number of sulfonamides is 1. The molecule has 1 aromatic carbocycles. The van der Waals surface area contributed by atoms with Gasteiger partial charge in [-0.05, 0) is 44.2 Å². The van der Waals surface area contributed by atoms with Gasteiger partial charge in [-0.2, -0.15) is 0 Å². The molecule has 1 aliphatic carbocycles. The van der Waals surface area contributed by atoms with Gasteiger partial charge in [-0.3, -0.25) is 24.3 Å². The molecule has 168 valence electrons. The van der Waals surface area contributed by atoms with Crippen LogP contribution in [-0.4, -0.2) is 45.8 Å². The number of rotatable bonds is 7. The van der Waals surface area contributed by atoms with Crippen molar-refractivity contribution in [3.05, 3.63) is 75.0 Å². The first-order valence-corrected chi connectivity index (χ1v) is 12.0. The lowest BCUT2D eigenvalue weighted by molar-refractivity contribution is 0.435. The zero-order chi connectivity index (χ0) is 22.7. The quantitative estimate of drug-likeness (QED) is 0.578. The van der Waals surface area contributed by atoms with Gasteiger partial charge in [0.15, 0.2) is 0 Å². The molecule has 0 unspecified atom stereocenters. The van der Waals surface area contributed by atoms with E-state index in [1.54, 1.807) is 47.4 Å². The zero-order valence-electron chi connectivity index (χ0n) is 17.8. The van der Waals surface area contributed by atoms with Crippen LogP contribution in [-0.2, 0) is 29.4 Å². The lowest BCUT2D eigenvalue weighted by Gasteiger charge is -2.21. The van der Waals surface area contributed by atoms with Gasteiger partial charge in [0.05, 0.1) is 16.8 Å². The monoisotopic (exact) mass is 455 g/mol. The van der Waals surface area contributed by atoms with Crippen LogP contribution >= 0.6 is 0 Å². The van der Waals surface area contributed by atoms with Crippen LogP contribution in [0.5, 0.6) is 0 Å². The highest BCUT2D eigenvalue weighted by molar-refractivity contribution is 7.89. The van der Waals surface area contributed by atoms with Gasteiger partial charge in [0.25, 0.3) is 5.56 Å². The summed E-state index contributed by atoms with van der Waals surface area (Å²) < 4.78 is 29.0. The highest BCUT2D eigenvalue weighted by Crippen LogP contribution is 2.22. The molecule has 0 fully saturated rings. The second kappa shape index (κ2) is 9.17. The van der Waals surface area contributed by atoms with Gasteiger partial charge in [-0.25, -0.2) is 17.5 Å². The Labute approximate surface area is 185 Å². The lowest BCUT2D eigenvalue weighted by Crippen LogP contribution is -2.37. The number of benzene rings is 1. The van der Waals surface area contributed by atoms with Crippen molar-refractivity contribution in [3.8, 4) is 11.3 Å². The normalized spacial score (nSPS) is 13.8. The second-order valence-corrected chi connectivity index (χ2v) is 9.89. The van der Waals surface area contributed by atoms with Crippen LogP contribution in [0.1, 0.15) is 30.5 Å². The van der Waals surface area contributed by atoms with Gasteiger partial charge >= 0.3 is 5.69 Å². The van der Waals surface area contributed by atoms with E-state index < -0.39 is 15.7 Å². The van der Waals surface area contributed by atoms with E-state index >= 15 is 0 Å². The molecule has 1 N–H and O–H groups in total. The Balaban J connectivity index is 1.49. The summed E-state index contributed by atoms with van der Waals surface area (Å²) in [6, 6.07) is 6.60. The maximum absolute atomic E-state index is 13.1. The van der Waals surface area contributed by atoms with E-state index in [9.17, 15) is 18.0 Å². The lowest BCUT2D eigenvalue weighted by atomic mass is 9.97. The largest absolute Gasteiger partial charge is 0.328 e. The Morgan fingerprint density at radius 3 is 2.75 bits per heavy atom. The third-order valence-corrected chi connectivity index (χ3v) is 7.61. The van der Waals surface area contributed by atoms with Gasteiger partial charge in [0.1, 0.15) is 0 Å². The van der Waals surface area contributed by atoms with Gasteiger partial charge < -0.3 is 0 Å². The molecule has 2 heterocycles. The molecule has 0 spiro atoms. The van der Waals surface area contributed by atoms with Gasteiger partial charge in [0, 0.05) is 49.4 Å². The first-order chi connectivity index (χ1) is 15.4. The van der Waals surface area contributed by atoms with Crippen molar-refractivity contribution in [3.63, 3.8) is 0 Å². The Hall–Kier alpha value is -3.11. The summed E-state index contributed by atoms with van der Waals surface area (Å²) in [5.74, 6) is 0. The zero-order valence-corrected chi connectivity index (χ0v) is 18.6. The molecule has 3 aromatic rings. The van der Waals surface area contributed by atoms with E-state index in [0.29, 0.717) is 42.6 Å². The van der Waals surface area contributed by atoms with Crippen LogP contribution in [0.3, 0.4) is 0 Å². The van der Waals surface area contributed by atoms with Crippen molar-refractivity contribution in [2.45, 2.75) is 43.5 Å². The smallest absolute Gasteiger partial charge is 0.297 e. The number of nitrogens with one attached hydrogen (secondary N) is 1. The van der Waals surface area contributed by atoms with E-state index in [4.69, 9.17) is 0 Å². The van der Waals surface area contributed by atoms with Gasteiger partial charge in [-0.15, -0.1) is 0 Å². The Morgan fingerprint density at radius 1 is 1.16 bits per heavy atom. The van der Waals surface area contributed by atoms with Gasteiger partial charge in [0.2, 0.25) is 10.0 Å². The summed E-state index contributed by atoms with van der Waals surface area (Å²) in [7, 11) is -2.19. The van der Waals surface area contributed by atoms with Gasteiger partial charge in [-0.1, -0.05) is 12.1 Å². The first-order valence-electron chi connectivity index (χ1n) is 10.6. The van der Waals surface area contributed by atoms with Crippen LogP contribution in [0.2, 0.25) is 0 Å². The summed E-state index contributed by atoms with van der Waals surface area (Å²) in [6.07, 6.45) is 8.37. The standard InChI is InChI=1S/C22H25N5O4S/c1-26(12-5-13-27-20-9-3-2-8-18(20)21(28)25-22(27)29)32(30,31)17-7-4-6-16(14-17)19-15-23-10-11-24-19/h4,6-7,10-11,14-15H,2-3,5,8-9,12-13H2,1H3,(H,25,28,29). The summed E-state index contributed by atoms with van der Waals surface area (Å²) in [5.41, 5.74) is 1.99. The van der Waals surface area contributed by atoms with Crippen molar-refractivity contribution < 1.29 is 8.42 Å². The van der Waals surface area contributed by atoms with Crippen LogP contribution in [0.15, 0.2) is 57.3 Å². The fourth-order valence-electron chi connectivity index (χ4n) is 4.05.